The van der Waals surface area contributed by atoms with Gasteiger partial charge in [0.15, 0.2) is 0 Å². The molecule has 0 aliphatic rings. The normalized spacial score (nSPS) is 11.0. The second-order valence-electron chi connectivity index (χ2n) is 7.24. The number of methoxy groups -OCH3 is 1. The highest BCUT2D eigenvalue weighted by molar-refractivity contribution is 5.95. The first-order valence-electron chi connectivity index (χ1n) is 10.1. The van der Waals surface area contributed by atoms with Crippen LogP contribution in [0.5, 0.6) is 0 Å². The van der Waals surface area contributed by atoms with Crippen molar-refractivity contribution >= 4 is 22.6 Å². The van der Waals surface area contributed by atoms with Crippen LogP contribution in [0, 0.1) is 0 Å². The third-order valence-electron chi connectivity index (χ3n) is 5.04. The van der Waals surface area contributed by atoms with E-state index in [0.717, 1.165) is 11.1 Å². The van der Waals surface area contributed by atoms with E-state index in [1.54, 1.807) is 22.6 Å². The zero-order chi connectivity index (χ0) is 21.6. The molecular formula is C24H24N4O3. The molecule has 0 atom stereocenters. The minimum Gasteiger partial charge on any atom is -0.385 e. The zero-order valence-electron chi connectivity index (χ0n) is 17.3. The maximum atomic E-state index is 13.3. The highest BCUT2D eigenvalue weighted by Crippen LogP contribution is 2.27. The van der Waals surface area contributed by atoms with Crippen LogP contribution in [0.15, 0.2) is 78.0 Å². The lowest BCUT2D eigenvalue weighted by atomic mass is 10.1. The number of fused-ring (bicyclic) bond motifs is 1. The fraction of sp³-hybridized carbons (Fsp3) is 0.208. The summed E-state index contributed by atoms with van der Waals surface area (Å²) in [5, 5.41) is 2.87. The van der Waals surface area contributed by atoms with Gasteiger partial charge in [-0.15, -0.1) is 0 Å². The molecule has 2 aromatic heterocycles. The van der Waals surface area contributed by atoms with Gasteiger partial charge in [-0.1, -0.05) is 48.5 Å². The van der Waals surface area contributed by atoms with Crippen molar-refractivity contribution < 1.29 is 9.53 Å². The van der Waals surface area contributed by atoms with Gasteiger partial charge in [-0.2, -0.15) is 0 Å². The van der Waals surface area contributed by atoms with E-state index >= 15 is 0 Å². The topological polar surface area (TPSA) is 78.2 Å². The van der Waals surface area contributed by atoms with Crippen molar-refractivity contribution in [2.24, 2.45) is 0 Å². The molecule has 31 heavy (non-hydrogen) atoms. The number of hydrogen-bond donors (Lipinski definition) is 1. The van der Waals surface area contributed by atoms with Gasteiger partial charge in [-0.3, -0.25) is 14.2 Å². The first kappa shape index (κ1) is 20.6. The number of carbonyl (C=O) groups is 1. The minimum atomic E-state index is -0.211. The molecule has 4 rings (SSSR count). The van der Waals surface area contributed by atoms with Gasteiger partial charge in [-0.05, 0) is 24.1 Å². The van der Waals surface area contributed by atoms with Gasteiger partial charge in [-0.25, -0.2) is 4.98 Å². The molecule has 2 aromatic carbocycles. The lowest BCUT2D eigenvalue weighted by Crippen LogP contribution is -2.25. The highest BCUT2D eigenvalue weighted by atomic mass is 16.5. The predicted molar refractivity (Wildman–Crippen MR) is 121 cm³/mol. The van der Waals surface area contributed by atoms with Crippen LogP contribution in [0.3, 0.4) is 0 Å². The van der Waals surface area contributed by atoms with Crippen molar-refractivity contribution in [1.29, 1.82) is 0 Å². The SMILES string of the molecule is COCCCn1cnc2c(-c3ccccc3)cn(CC(=O)Nc3ccccc3)c2c1=O. The first-order chi connectivity index (χ1) is 15.2. The number of nitrogens with one attached hydrogen (secondary N) is 1. The van der Waals surface area contributed by atoms with Crippen molar-refractivity contribution in [2.75, 3.05) is 19.0 Å². The van der Waals surface area contributed by atoms with Crippen molar-refractivity contribution in [1.82, 2.24) is 14.1 Å². The average molecular weight is 416 g/mol. The number of rotatable bonds is 8. The van der Waals surface area contributed by atoms with Gasteiger partial charge in [0, 0.05) is 37.7 Å². The van der Waals surface area contributed by atoms with Gasteiger partial charge in [0.05, 0.1) is 6.33 Å². The summed E-state index contributed by atoms with van der Waals surface area (Å²) in [6.07, 6.45) is 4.10. The van der Waals surface area contributed by atoms with Crippen molar-refractivity contribution in [2.45, 2.75) is 19.5 Å². The molecule has 0 fully saturated rings. The van der Waals surface area contributed by atoms with E-state index in [1.165, 1.54) is 0 Å². The minimum absolute atomic E-state index is 0.0111. The Hall–Kier alpha value is -3.71. The molecule has 0 aliphatic carbocycles. The fourth-order valence-electron chi connectivity index (χ4n) is 3.58. The molecular weight excluding hydrogens is 392 g/mol. The molecule has 2 heterocycles. The van der Waals surface area contributed by atoms with Crippen LogP contribution >= 0.6 is 0 Å². The number of carbonyl (C=O) groups excluding carboxylic acids is 1. The van der Waals surface area contributed by atoms with Crippen LogP contribution in [0.25, 0.3) is 22.2 Å². The zero-order valence-corrected chi connectivity index (χ0v) is 17.3. The molecule has 0 saturated heterocycles. The Morgan fingerprint density at radius 2 is 1.74 bits per heavy atom. The van der Waals surface area contributed by atoms with Crippen LogP contribution in [0.1, 0.15) is 6.42 Å². The van der Waals surface area contributed by atoms with E-state index in [-0.39, 0.29) is 18.0 Å². The Morgan fingerprint density at radius 3 is 2.45 bits per heavy atom. The molecule has 7 nitrogen and oxygen atoms in total. The van der Waals surface area contributed by atoms with E-state index in [0.29, 0.717) is 36.3 Å². The number of ether oxygens (including phenoxy) is 1. The number of para-hydroxylation sites is 1. The second-order valence-corrected chi connectivity index (χ2v) is 7.24. The lowest BCUT2D eigenvalue weighted by Gasteiger charge is -2.09. The van der Waals surface area contributed by atoms with Crippen molar-refractivity contribution in [3.05, 3.63) is 83.5 Å². The summed E-state index contributed by atoms with van der Waals surface area (Å²) >= 11 is 0. The van der Waals surface area contributed by atoms with E-state index in [1.807, 2.05) is 66.9 Å². The van der Waals surface area contributed by atoms with E-state index in [9.17, 15) is 9.59 Å². The number of benzene rings is 2. The maximum Gasteiger partial charge on any atom is 0.277 e. The molecule has 1 amide bonds. The molecule has 0 unspecified atom stereocenters. The first-order valence-corrected chi connectivity index (χ1v) is 10.1. The Bertz CT molecular complexity index is 1230. The standard InChI is InChI=1S/C24H24N4O3/c1-31-14-8-13-27-17-25-22-20(18-9-4-2-5-10-18)15-28(23(22)24(27)30)16-21(29)26-19-11-6-3-7-12-19/h2-7,9-12,15,17H,8,13-14,16H2,1H3,(H,26,29). The number of nitrogens with zero attached hydrogens (tertiary/aromatic N) is 3. The Balaban J connectivity index is 1.74. The number of hydrogen-bond acceptors (Lipinski definition) is 4. The predicted octanol–water partition coefficient (Wildman–Crippen LogP) is 3.54. The Kier molecular flexibility index (Phi) is 6.24. The molecule has 0 radical (unpaired) electrons. The summed E-state index contributed by atoms with van der Waals surface area (Å²) in [6, 6.07) is 19.0. The number of aromatic nitrogens is 3. The summed E-state index contributed by atoms with van der Waals surface area (Å²) < 4.78 is 8.36. The van der Waals surface area contributed by atoms with Crippen LogP contribution in [-0.4, -0.2) is 33.7 Å². The monoisotopic (exact) mass is 416 g/mol. The van der Waals surface area contributed by atoms with E-state index in [4.69, 9.17) is 4.74 Å². The average Bonchev–Trinajstić information content (AvgIpc) is 3.15. The maximum absolute atomic E-state index is 13.3. The third kappa shape index (κ3) is 4.57. The summed E-state index contributed by atoms with van der Waals surface area (Å²) in [5.41, 5.74) is 3.31. The van der Waals surface area contributed by atoms with Gasteiger partial charge in [0.25, 0.3) is 5.56 Å². The van der Waals surface area contributed by atoms with Gasteiger partial charge in [0.1, 0.15) is 17.6 Å². The molecule has 4 aromatic rings. The quantitative estimate of drug-likeness (QED) is 0.446. The second kappa shape index (κ2) is 9.40. The summed E-state index contributed by atoms with van der Waals surface area (Å²) in [7, 11) is 1.63. The molecule has 158 valence electrons. The van der Waals surface area contributed by atoms with Crippen LogP contribution in [-0.2, 0) is 22.6 Å². The van der Waals surface area contributed by atoms with Crippen molar-refractivity contribution in [3.63, 3.8) is 0 Å². The van der Waals surface area contributed by atoms with Gasteiger partial charge < -0.3 is 14.6 Å². The van der Waals surface area contributed by atoms with Crippen LogP contribution < -0.4 is 10.9 Å². The molecule has 7 heteroatoms. The smallest absolute Gasteiger partial charge is 0.277 e. The third-order valence-corrected chi connectivity index (χ3v) is 5.04. The highest BCUT2D eigenvalue weighted by Gasteiger charge is 2.18. The summed E-state index contributed by atoms with van der Waals surface area (Å²) in [6.45, 7) is 1.06. The fourth-order valence-corrected chi connectivity index (χ4v) is 3.58. The summed E-state index contributed by atoms with van der Waals surface area (Å²) in [4.78, 5) is 30.5. The van der Waals surface area contributed by atoms with Crippen LogP contribution in [0.4, 0.5) is 5.69 Å². The van der Waals surface area contributed by atoms with E-state index in [2.05, 4.69) is 10.3 Å². The number of anilines is 1. The lowest BCUT2D eigenvalue weighted by molar-refractivity contribution is -0.116. The number of amides is 1. The molecule has 1 N–H and O–H groups in total. The molecule has 0 spiro atoms. The Morgan fingerprint density at radius 1 is 1.03 bits per heavy atom. The van der Waals surface area contributed by atoms with Crippen LogP contribution in [0.2, 0.25) is 0 Å². The molecule has 0 bridgehead atoms. The summed E-state index contributed by atoms with van der Waals surface area (Å²) in [5.74, 6) is -0.211. The Labute approximate surface area is 179 Å². The number of aryl methyl sites for hydroxylation is 1. The largest absolute Gasteiger partial charge is 0.385 e. The molecule has 0 saturated carbocycles. The molecule has 0 aliphatic heterocycles. The van der Waals surface area contributed by atoms with Crippen molar-refractivity contribution in [3.8, 4) is 11.1 Å². The van der Waals surface area contributed by atoms with E-state index < -0.39 is 0 Å². The van der Waals surface area contributed by atoms with Gasteiger partial charge >= 0.3 is 0 Å². The van der Waals surface area contributed by atoms with Gasteiger partial charge in [0.2, 0.25) is 5.91 Å².